The molecule has 2 rings (SSSR count). The highest BCUT2D eigenvalue weighted by molar-refractivity contribution is 5.68. The van der Waals surface area contributed by atoms with E-state index in [-0.39, 0.29) is 6.04 Å². The second kappa shape index (κ2) is 5.05. The van der Waals surface area contributed by atoms with E-state index in [1.165, 1.54) is 0 Å². The molecule has 0 aliphatic rings. The second-order valence-corrected chi connectivity index (χ2v) is 3.79. The standard InChI is InChI=1S/C12H15N3O3/c1-7(13)12-14-11(15-18-12)8-5-4-6-9(16-2)10(8)17-3/h4-7H,13H2,1-3H3. The van der Waals surface area contributed by atoms with E-state index in [0.717, 1.165) is 0 Å². The summed E-state index contributed by atoms with van der Waals surface area (Å²) in [5.41, 5.74) is 6.38. The van der Waals surface area contributed by atoms with Gasteiger partial charge in [0.15, 0.2) is 11.5 Å². The predicted octanol–water partition coefficient (Wildman–Crippen LogP) is 1.77. The summed E-state index contributed by atoms with van der Waals surface area (Å²) >= 11 is 0. The number of methoxy groups -OCH3 is 2. The normalized spacial score (nSPS) is 12.2. The molecule has 0 fully saturated rings. The van der Waals surface area contributed by atoms with E-state index in [4.69, 9.17) is 19.7 Å². The topological polar surface area (TPSA) is 83.4 Å². The first-order valence-corrected chi connectivity index (χ1v) is 5.48. The van der Waals surface area contributed by atoms with Gasteiger partial charge in [-0.25, -0.2) is 0 Å². The number of hydrogen-bond acceptors (Lipinski definition) is 6. The minimum atomic E-state index is -0.303. The highest BCUT2D eigenvalue weighted by Crippen LogP contribution is 2.36. The van der Waals surface area contributed by atoms with Gasteiger partial charge in [-0.1, -0.05) is 11.2 Å². The lowest BCUT2D eigenvalue weighted by atomic mass is 10.1. The number of aromatic nitrogens is 2. The third-order valence-electron chi connectivity index (χ3n) is 2.48. The van der Waals surface area contributed by atoms with Gasteiger partial charge in [-0.05, 0) is 19.1 Å². The van der Waals surface area contributed by atoms with Crippen LogP contribution in [0.5, 0.6) is 11.5 Å². The number of rotatable bonds is 4. The van der Waals surface area contributed by atoms with Crippen molar-refractivity contribution >= 4 is 0 Å². The number of nitrogens with two attached hydrogens (primary N) is 1. The van der Waals surface area contributed by atoms with Crippen molar-refractivity contribution in [3.05, 3.63) is 24.1 Å². The summed E-state index contributed by atoms with van der Waals surface area (Å²) in [5.74, 6) is 1.99. The van der Waals surface area contributed by atoms with Crippen LogP contribution >= 0.6 is 0 Å². The second-order valence-electron chi connectivity index (χ2n) is 3.79. The van der Waals surface area contributed by atoms with Gasteiger partial charge in [0.05, 0.1) is 25.8 Å². The van der Waals surface area contributed by atoms with Gasteiger partial charge in [0.2, 0.25) is 11.7 Å². The van der Waals surface area contributed by atoms with Gasteiger partial charge < -0.3 is 19.7 Å². The Bertz CT molecular complexity index is 537. The number of nitrogens with zero attached hydrogens (tertiary/aromatic N) is 2. The maximum absolute atomic E-state index is 5.68. The molecular formula is C12H15N3O3. The van der Waals surface area contributed by atoms with Gasteiger partial charge in [0.1, 0.15) is 0 Å². The Balaban J connectivity index is 2.49. The fourth-order valence-electron chi connectivity index (χ4n) is 1.59. The summed E-state index contributed by atoms with van der Waals surface area (Å²) in [4.78, 5) is 4.23. The van der Waals surface area contributed by atoms with Crippen molar-refractivity contribution in [2.45, 2.75) is 13.0 Å². The third-order valence-corrected chi connectivity index (χ3v) is 2.48. The van der Waals surface area contributed by atoms with Crippen LogP contribution in [0.4, 0.5) is 0 Å². The fraction of sp³-hybridized carbons (Fsp3) is 0.333. The van der Waals surface area contributed by atoms with Crippen molar-refractivity contribution in [1.82, 2.24) is 10.1 Å². The highest BCUT2D eigenvalue weighted by atomic mass is 16.5. The van der Waals surface area contributed by atoms with Crippen molar-refractivity contribution in [2.75, 3.05) is 14.2 Å². The Labute approximate surface area is 105 Å². The lowest BCUT2D eigenvalue weighted by Crippen LogP contribution is -2.04. The van der Waals surface area contributed by atoms with Crippen LogP contribution < -0.4 is 15.2 Å². The van der Waals surface area contributed by atoms with Crippen LogP contribution in [-0.4, -0.2) is 24.4 Å². The molecule has 1 aromatic carbocycles. The smallest absolute Gasteiger partial charge is 0.243 e. The van der Waals surface area contributed by atoms with Crippen LogP contribution in [0.1, 0.15) is 18.9 Å². The zero-order valence-electron chi connectivity index (χ0n) is 10.5. The van der Waals surface area contributed by atoms with E-state index in [2.05, 4.69) is 10.1 Å². The number of hydrogen-bond donors (Lipinski definition) is 1. The van der Waals surface area contributed by atoms with Gasteiger partial charge in [-0.3, -0.25) is 0 Å². The summed E-state index contributed by atoms with van der Waals surface area (Å²) in [6.45, 7) is 1.78. The molecule has 1 atom stereocenters. The first kappa shape index (κ1) is 12.4. The Morgan fingerprint density at radius 2 is 2.06 bits per heavy atom. The molecule has 0 saturated carbocycles. The van der Waals surface area contributed by atoms with E-state index in [1.54, 1.807) is 27.2 Å². The largest absolute Gasteiger partial charge is 0.493 e. The lowest BCUT2D eigenvalue weighted by molar-refractivity contribution is 0.354. The molecule has 0 bridgehead atoms. The van der Waals surface area contributed by atoms with E-state index in [9.17, 15) is 0 Å². The molecule has 1 unspecified atom stereocenters. The summed E-state index contributed by atoms with van der Waals surface area (Å²) in [6.07, 6.45) is 0. The minimum Gasteiger partial charge on any atom is -0.493 e. The number of para-hydroxylation sites is 1. The molecule has 1 aromatic heterocycles. The Hall–Kier alpha value is -2.08. The Morgan fingerprint density at radius 1 is 1.28 bits per heavy atom. The SMILES string of the molecule is COc1cccc(-c2noc(C(C)N)n2)c1OC. The van der Waals surface area contributed by atoms with E-state index in [1.807, 2.05) is 12.1 Å². The monoisotopic (exact) mass is 249 g/mol. The number of ether oxygens (including phenoxy) is 2. The van der Waals surface area contributed by atoms with Gasteiger partial charge in [0.25, 0.3) is 0 Å². The maximum Gasteiger partial charge on any atom is 0.243 e. The van der Waals surface area contributed by atoms with E-state index in [0.29, 0.717) is 28.8 Å². The zero-order chi connectivity index (χ0) is 13.1. The average Bonchev–Trinajstić information content (AvgIpc) is 2.87. The quantitative estimate of drug-likeness (QED) is 0.889. The van der Waals surface area contributed by atoms with Crippen molar-refractivity contribution < 1.29 is 14.0 Å². The molecule has 0 radical (unpaired) electrons. The lowest BCUT2D eigenvalue weighted by Gasteiger charge is -2.09. The van der Waals surface area contributed by atoms with Crippen LogP contribution in [0.15, 0.2) is 22.7 Å². The molecule has 0 saturated heterocycles. The molecule has 0 spiro atoms. The van der Waals surface area contributed by atoms with Gasteiger partial charge >= 0.3 is 0 Å². The van der Waals surface area contributed by atoms with Crippen LogP contribution in [-0.2, 0) is 0 Å². The molecule has 0 amide bonds. The van der Waals surface area contributed by atoms with Crippen molar-refractivity contribution in [2.24, 2.45) is 5.73 Å². The summed E-state index contributed by atoms with van der Waals surface area (Å²) in [7, 11) is 3.14. The van der Waals surface area contributed by atoms with E-state index >= 15 is 0 Å². The fourth-order valence-corrected chi connectivity index (χ4v) is 1.59. The van der Waals surface area contributed by atoms with Crippen molar-refractivity contribution in [1.29, 1.82) is 0 Å². The van der Waals surface area contributed by atoms with Crippen LogP contribution in [0.2, 0.25) is 0 Å². The third kappa shape index (κ3) is 2.14. The highest BCUT2D eigenvalue weighted by Gasteiger charge is 2.17. The van der Waals surface area contributed by atoms with Crippen molar-refractivity contribution in [3.8, 4) is 22.9 Å². The summed E-state index contributed by atoms with van der Waals surface area (Å²) in [6, 6.07) is 5.16. The number of benzene rings is 1. The van der Waals surface area contributed by atoms with E-state index < -0.39 is 0 Å². The van der Waals surface area contributed by atoms with Crippen molar-refractivity contribution in [3.63, 3.8) is 0 Å². The Morgan fingerprint density at radius 3 is 2.61 bits per heavy atom. The van der Waals surface area contributed by atoms with Gasteiger partial charge in [-0.15, -0.1) is 0 Å². The first-order chi connectivity index (χ1) is 8.67. The molecule has 0 aliphatic heterocycles. The molecular weight excluding hydrogens is 234 g/mol. The van der Waals surface area contributed by atoms with Crippen LogP contribution in [0.3, 0.4) is 0 Å². The van der Waals surface area contributed by atoms with Gasteiger partial charge in [0, 0.05) is 0 Å². The molecule has 18 heavy (non-hydrogen) atoms. The Kier molecular flexibility index (Phi) is 3.47. The zero-order valence-corrected chi connectivity index (χ0v) is 10.5. The summed E-state index contributed by atoms with van der Waals surface area (Å²) < 4.78 is 15.6. The average molecular weight is 249 g/mol. The molecule has 2 N–H and O–H groups in total. The molecule has 0 aliphatic carbocycles. The maximum atomic E-state index is 5.68. The molecule has 1 heterocycles. The summed E-state index contributed by atoms with van der Waals surface area (Å²) in [5, 5.41) is 3.89. The molecule has 96 valence electrons. The van der Waals surface area contributed by atoms with Crippen LogP contribution in [0.25, 0.3) is 11.4 Å². The first-order valence-electron chi connectivity index (χ1n) is 5.48. The predicted molar refractivity (Wildman–Crippen MR) is 65.4 cm³/mol. The van der Waals surface area contributed by atoms with Crippen LogP contribution in [0, 0.1) is 0 Å². The molecule has 6 heteroatoms. The molecule has 6 nitrogen and oxygen atoms in total. The molecule has 2 aromatic rings. The minimum absolute atomic E-state index is 0.303. The van der Waals surface area contributed by atoms with Gasteiger partial charge in [-0.2, -0.15) is 4.98 Å².